The third kappa shape index (κ3) is 4.13. The Hall–Kier alpha value is -2.24. The summed E-state index contributed by atoms with van der Waals surface area (Å²) < 4.78 is 1.61. The second-order valence-corrected chi connectivity index (χ2v) is 5.56. The molecule has 0 radical (unpaired) electrons. The van der Waals surface area contributed by atoms with Crippen molar-refractivity contribution in [3.8, 4) is 5.69 Å². The Labute approximate surface area is 130 Å². The first-order valence-corrected chi connectivity index (χ1v) is 7.78. The summed E-state index contributed by atoms with van der Waals surface area (Å²) in [5.74, 6) is 0.627. The van der Waals surface area contributed by atoms with Gasteiger partial charge in [0.1, 0.15) is 0 Å². The van der Waals surface area contributed by atoms with E-state index in [4.69, 9.17) is 0 Å². The van der Waals surface area contributed by atoms with Crippen molar-refractivity contribution in [3.05, 3.63) is 35.7 Å². The number of hydrogen-bond donors (Lipinski definition) is 1. The van der Waals surface area contributed by atoms with Gasteiger partial charge in [-0.05, 0) is 48.9 Å². The molecule has 0 saturated carbocycles. The highest BCUT2D eigenvalue weighted by Gasteiger charge is 2.11. The molecule has 1 aromatic carbocycles. The maximum Gasteiger partial charge on any atom is 0.251 e. The number of carbonyl (C=O) groups is 1. The topological polar surface area (TPSA) is 72.7 Å². The predicted molar refractivity (Wildman–Crippen MR) is 85.0 cm³/mol. The van der Waals surface area contributed by atoms with Crippen molar-refractivity contribution in [1.29, 1.82) is 0 Å². The van der Waals surface area contributed by atoms with E-state index in [-0.39, 0.29) is 11.9 Å². The molecule has 0 unspecified atom stereocenters. The van der Waals surface area contributed by atoms with Crippen molar-refractivity contribution in [2.45, 2.75) is 52.5 Å². The molecule has 0 aliphatic heterocycles. The van der Waals surface area contributed by atoms with E-state index in [0.29, 0.717) is 11.4 Å². The van der Waals surface area contributed by atoms with Crippen LogP contribution in [0, 0.1) is 6.92 Å². The number of aryl methyl sites for hydroxylation is 1. The summed E-state index contributed by atoms with van der Waals surface area (Å²) in [5, 5.41) is 14.4. The SMILES string of the molecule is CCCCC[C@@H](C)NC(=O)c1cccc(-n2nnnc2C)c1. The molecule has 1 atom stereocenters. The van der Waals surface area contributed by atoms with Crippen molar-refractivity contribution < 1.29 is 4.79 Å². The van der Waals surface area contributed by atoms with Gasteiger partial charge in [-0.2, -0.15) is 4.68 Å². The highest BCUT2D eigenvalue weighted by atomic mass is 16.1. The van der Waals surface area contributed by atoms with Crippen molar-refractivity contribution in [2.24, 2.45) is 0 Å². The molecule has 1 amide bonds. The summed E-state index contributed by atoms with van der Waals surface area (Å²) >= 11 is 0. The predicted octanol–water partition coefficient (Wildman–Crippen LogP) is 2.67. The van der Waals surface area contributed by atoms with E-state index >= 15 is 0 Å². The summed E-state index contributed by atoms with van der Waals surface area (Å²) in [4.78, 5) is 12.3. The highest BCUT2D eigenvalue weighted by Crippen LogP contribution is 2.11. The van der Waals surface area contributed by atoms with E-state index in [9.17, 15) is 4.79 Å². The lowest BCUT2D eigenvalue weighted by molar-refractivity contribution is 0.0938. The summed E-state index contributed by atoms with van der Waals surface area (Å²) in [6, 6.07) is 7.50. The van der Waals surface area contributed by atoms with Gasteiger partial charge in [-0.25, -0.2) is 0 Å². The van der Waals surface area contributed by atoms with Crippen LogP contribution < -0.4 is 5.32 Å². The molecule has 6 nitrogen and oxygen atoms in total. The number of tetrazole rings is 1. The minimum atomic E-state index is -0.0587. The van der Waals surface area contributed by atoms with Crippen molar-refractivity contribution in [1.82, 2.24) is 25.5 Å². The first-order valence-electron chi connectivity index (χ1n) is 7.78. The zero-order valence-corrected chi connectivity index (χ0v) is 13.4. The van der Waals surface area contributed by atoms with Crippen LogP contribution in [0.5, 0.6) is 0 Å². The molecule has 22 heavy (non-hydrogen) atoms. The average Bonchev–Trinajstić information content (AvgIpc) is 2.94. The Bertz CT molecular complexity index is 623. The van der Waals surface area contributed by atoms with Crippen LogP contribution in [0.4, 0.5) is 0 Å². The van der Waals surface area contributed by atoms with Crippen LogP contribution in [0.2, 0.25) is 0 Å². The van der Waals surface area contributed by atoms with E-state index in [0.717, 1.165) is 18.5 Å². The number of amides is 1. The first-order chi connectivity index (χ1) is 10.6. The molecule has 1 heterocycles. The lowest BCUT2D eigenvalue weighted by Crippen LogP contribution is -2.32. The third-order valence-corrected chi connectivity index (χ3v) is 3.60. The lowest BCUT2D eigenvalue weighted by atomic mass is 10.1. The number of nitrogens with zero attached hydrogens (tertiary/aromatic N) is 4. The number of unbranched alkanes of at least 4 members (excludes halogenated alkanes) is 2. The standard InChI is InChI=1S/C16H23N5O/c1-4-5-6-8-12(2)17-16(22)14-9-7-10-15(11-14)21-13(3)18-19-20-21/h7,9-12H,4-6,8H2,1-3H3,(H,17,22)/t12-/m1/s1. The summed E-state index contributed by atoms with van der Waals surface area (Å²) in [6.07, 6.45) is 4.54. The van der Waals surface area contributed by atoms with Gasteiger partial charge in [0.2, 0.25) is 0 Å². The van der Waals surface area contributed by atoms with Gasteiger partial charge in [0.25, 0.3) is 5.91 Å². The smallest absolute Gasteiger partial charge is 0.251 e. The average molecular weight is 301 g/mol. The summed E-state index contributed by atoms with van der Waals surface area (Å²) in [6.45, 7) is 6.04. The summed E-state index contributed by atoms with van der Waals surface area (Å²) in [7, 11) is 0. The molecule has 1 aromatic heterocycles. The van der Waals surface area contributed by atoms with E-state index < -0.39 is 0 Å². The molecule has 0 bridgehead atoms. The van der Waals surface area contributed by atoms with E-state index in [1.165, 1.54) is 12.8 Å². The van der Waals surface area contributed by atoms with Gasteiger partial charge in [0, 0.05) is 11.6 Å². The van der Waals surface area contributed by atoms with Crippen LogP contribution in [0.1, 0.15) is 55.7 Å². The second kappa shape index (κ2) is 7.68. The molecule has 0 spiro atoms. The van der Waals surface area contributed by atoms with Crippen LogP contribution in [0.15, 0.2) is 24.3 Å². The van der Waals surface area contributed by atoms with Gasteiger partial charge < -0.3 is 5.32 Å². The highest BCUT2D eigenvalue weighted by molar-refractivity contribution is 5.94. The largest absolute Gasteiger partial charge is 0.350 e. The van der Waals surface area contributed by atoms with Gasteiger partial charge in [0.05, 0.1) is 5.69 Å². The number of rotatable bonds is 7. The van der Waals surface area contributed by atoms with Gasteiger partial charge in [0.15, 0.2) is 5.82 Å². The first kappa shape index (κ1) is 16.1. The molecule has 2 aromatic rings. The zero-order valence-electron chi connectivity index (χ0n) is 13.4. The zero-order chi connectivity index (χ0) is 15.9. The maximum atomic E-state index is 12.3. The van der Waals surface area contributed by atoms with Crippen LogP contribution in [-0.4, -0.2) is 32.2 Å². The van der Waals surface area contributed by atoms with Gasteiger partial charge in [-0.15, -0.1) is 5.10 Å². The Morgan fingerprint density at radius 3 is 2.86 bits per heavy atom. The van der Waals surface area contributed by atoms with Gasteiger partial charge in [-0.1, -0.05) is 32.3 Å². The van der Waals surface area contributed by atoms with Crippen LogP contribution in [-0.2, 0) is 0 Å². The number of hydrogen-bond acceptors (Lipinski definition) is 4. The van der Waals surface area contributed by atoms with E-state index in [1.54, 1.807) is 16.8 Å². The molecule has 0 fully saturated rings. The molecular formula is C16H23N5O. The molecule has 0 aliphatic carbocycles. The minimum absolute atomic E-state index is 0.0587. The lowest BCUT2D eigenvalue weighted by Gasteiger charge is -2.14. The number of benzene rings is 1. The second-order valence-electron chi connectivity index (χ2n) is 5.56. The van der Waals surface area contributed by atoms with Crippen LogP contribution in [0.3, 0.4) is 0 Å². The molecule has 1 N–H and O–H groups in total. The van der Waals surface area contributed by atoms with Crippen molar-refractivity contribution in [3.63, 3.8) is 0 Å². The molecule has 0 saturated heterocycles. The molecule has 0 aliphatic rings. The molecule has 6 heteroatoms. The Balaban J connectivity index is 2.03. The van der Waals surface area contributed by atoms with Crippen LogP contribution in [0.25, 0.3) is 5.69 Å². The number of aromatic nitrogens is 4. The third-order valence-electron chi connectivity index (χ3n) is 3.60. The molecular weight excluding hydrogens is 278 g/mol. The fourth-order valence-corrected chi connectivity index (χ4v) is 2.33. The Morgan fingerprint density at radius 2 is 2.18 bits per heavy atom. The normalized spacial score (nSPS) is 12.1. The van der Waals surface area contributed by atoms with Gasteiger partial charge >= 0.3 is 0 Å². The van der Waals surface area contributed by atoms with E-state index in [1.807, 2.05) is 26.0 Å². The fraction of sp³-hybridized carbons (Fsp3) is 0.500. The molecule has 118 valence electrons. The van der Waals surface area contributed by atoms with Crippen molar-refractivity contribution >= 4 is 5.91 Å². The Kier molecular flexibility index (Phi) is 5.63. The quantitative estimate of drug-likeness (QED) is 0.798. The van der Waals surface area contributed by atoms with E-state index in [2.05, 4.69) is 27.8 Å². The van der Waals surface area contributed by atoms with Crippen LogP contribution >= 0.6 is 0 Å². The summed E-state index contributed by atoms with van der Waals surface area (Å²) in [5.41, 5.74) is 1.41. The number of nitrogens with one attached hydrogen (secondary N) is 1. The van der Waals surface area contributed by atoms with Crippen molar-refractivity contribution in [2.75, 3.05) is 0 Å². The van der Waals surface area contributed by atoms with Gasteiger partial charge in [-0.3, -0.25) is 4.79 Å². The monoisotopic (exact) mass is 301 g/mol. The minimum Gasteiger partial charge on any atom is -0.350 e. The number of carbonyl (C=O) groups excluding carboxylic acids is 1. The maximum absolute atomic E-state index is 12.3. The Morgan fingerprint density at radius 1 is 1.36 bits per heavy atom. The molecule has 2 rings (SSSR count). The fourth-order valence-electron chi connectivity index (χ4n) is 2.33.